The third-order valence-electron chi connectivity index (χ3n) is 4.42. The number of aliphatic hydroxyl groups is 1. The fraction of sp³-hybridized carbons (Fsp3) is 0.800. The number of halogens is 3. The molecule has 0 aromatic heterocycles. The molecule has 0 radical (unpaired) electrons. The lowest BCUT2D eigenvalue weighted by Crippen LogP contribution is -2.57. The van der Waals surface area contributed by atoms with Crippen molar-refractivity contribution >= 4 is 5.97 Å². The number of carbonyl (C=O) groups is 1. The van der Waals surface area contributed by atoms with Crippen LogP contribution in [-0.4, -0.2) is 28.5 Å². The van der Waals surface area contributed by atoms with Crippen LogP contribution >= 0.6 is 0 Å². The van der Waals surface area contributed by atoms with Crippen LogP contribution in [0.3, 0.4) is 0 Å². The molecule has 21 heavy (non-hydrogen) atoms. The van der Waals surface area contributed by atoms with Gasteiger partial charge in [-0.3, -0.25) is 0 Å². The van der Waals surface area contributed by atoms with Crippen LogP contribution in [0.2, 0.25) is 0 Å². The zero-order chi connectivity index (χ0) is 16.7. The Hall–Kier alpha value is -1.04. The topological polar surface area (TPSA) is 46.5 Å². The highest BCUT2D eigenvalue weighted by molar-refractivity contribution is 5.87. The van der Waals surface area contributed by atoms with Gasteiger partial charge in [0.05, 0.1) is 0 Å². The first kappa shape index (κ1) is 18.0. The molecule has 1 N–H and O–H groups in total. The highest BCUT2D eigenvalue weighted by Crippen LogP contribution is 2.51. The van der Waals surface area contributed by atoms with Crippen LogP contribution in [0.15, 0.2) is 12.2 Å². The van der Waals surface area contributed by atoms with Crippen LogP contribution in [0.25, 0.3) is 0 Å². The molecule has 1 rings (SSSR count). The lowest BCUT2D eigenvalue weighted by molar-refractivity contribution is -0.284. The fourth-order valence-electron chi connectivity index (χ4n) is 2.62. The van der Waals surface area contributed by atoms with Crippen molar-refractivity contribution in [2.75, 3.05) is 0 Å². The monoisotopic (exact) mass is 308 g/mol. The maximum absolute atomic E-state index is 12.9. The highest BCUT2D eigenvalue weighted by Gasteiger charge is 2.60. The largest absolute Gasteiger partial charge is 0.455 e. The third-order valence-corrected chi connectivity index (χ3v) is 4.42. The fourth-order valence-corrected chi connectivity index (χ4v) is 2.62. The van der Waals surface area contributed by atoms with Crippen LogP contribution in [0.5, 0.6) is 0 Å². The molecule has 0 aromatic carbocycles. The van der Waals surface area contributed by atoms with Gasteiger partial charge in [-0.15, -0.1) is 0 Å². The standard InChI is InChI=1S/C15H23F3O3/c1-10(2)11(19)21-14(12(3,4)5)8-6-13(20,7-9-14)15(16,17)18/h20H,1,6-9H2,2-5H3. The molecule has 0 bridgehead atoms. The molecule has 1 saturated carbocycles. The molecule has 1 fully saturated rings. The van der Waals surface area contributed by atoms with Gasteiger partial charge in [-0.1, -0.05) is 27.4 Å². The number of ether oxygens (including phenoxy) is 1. The zero-order valence-corrected chi connectivity index (χ0v) is 12.9. The number of rotatable bonds is 2. The molecule has 1 aliphatic carbocycles. The summed E-state index contributed by atoms with van der Waals surface area (Å²) in [6.07, 6.45) is -5.69. The Kier molecular flexibility index (Phi) is 4.55. The van der Waals surface area contributed by atoms with Crippen molar-refractivity contribution in [2.45, 2.75) is 70.8 Å². The van der Waals surface area contributed by atoms with Gasteiger partial charge in [0.25, 0.3) is 0 Å². The molecule has 0 spiro atoms. The lowest BCUT2D eigenvalue weighted by Gasteiger charge is -2.50. The summed E-state index contributed by atoms with van der Waals surface area (Å²) < 4.78 is 44.2. The predicted molar refractivity (Wildman–Crippen MR) is 72.6 cm³/mol. The van der Waals surface area contributed by atoms with Crippen LogP contribution in [0.4, 0.5) is 13.2 Å². The summed E-state index contributed by atoms with van der Waals surface area (Å²) in [6.45, 7) is 10.4. The second kappa shape index (κ2) is 5.30. The maximum Gasteiger partial charge on any atom is 0.417 e. The van der Waals surface area contributed by atoms with Crippen molar-refractivity contribution < 1.29 is 27.8 Å². The summed E-state index contributed by atoms with van der Waals surface area (Å²) in [4.78, 5) is 11.8. The molecule has 3 nitrogen and oxygen atoms in total. The van der Waals surface area contributed by atoms with Crippen LogP contribution in [0, 0.1) is 5.41 Å². The minimum absolute atomic E-state index is 0.0362. The van der Waals surface area contributed by atoms with Crippen LogP contribution in [-0.2, 0) is 9.53 Å². The van der Waals surface area contributed by atoms with Crippen molar-refractivity contribution in [2.24, 2.45) is 5.41 Å². The van der Waals surface area contributed by atoms with E-state index in [0.29, 0.717) is 0 Å². The number of hydrogen-bond donors (Lipinski definition) is 1. The van der Waals surface area contributed by atoms with Gasteiger partial charge in [0.2, 0.25) is 0 Å². The summed E-state index contributed by atoms with van der Waals surface area (Å²) in [5, 5.41) is 9.77. The Balaban J connectivity index is 3.01. The SMILES string of the molecule is C=C(C)C(=O)OC1(C(C)(C)C)CCC(O)(C(F)(F)F)CC1. The first-order valence-electron chi connectivity index (χ1n) is 6.92. The van der Waals surface area contributed by atoms with Gasteiger partial charge < -0.3 is 9.84 Å². The molecule has 0 unspecified atom stereocenters. The average molecular weight is 308 g/mol. The molecule has 0 atom stereocenters. The van der Waals surface area contributed by atoms with Gasteiger partial charge in [0.15, 0.2) is 5.60 Å². The van der Waals surface area contributed by atoms with Crippen molar-refractivity contribution in [3.63, 3.8) is 0 Å². The molecule has 6 heteroatoms. The number of esters is 1. The van der Waals surface area contributed by atoms with E-state index < -0.39 is 41.6 Å². The zero-order valence-electron chi connectivity index (χ0n) is 12.9. The molecule has 1 aliphatic rings. The summed E-state index contributed by atoms with van der Waals surface area (Å²) in [6, 6.07) is 0. The summed E-state index contributed by atoms with van der Waals surface area (Å²) in [5.74, 6) is -0.609. The van der Waals surface area contributed by atoms with Crippen molar-refractivity contribution in [1.29, 1.82) is 0 Å². The van der Waals surface area contributed by atoms with Gasteiger partial charge in [-0.2, -0.15) is 13.2 Å². The van der Waals surface area contributed by atoms with Gasteiger partial charge in [0.1, 0.15) is 5.60 Å². The second-order valence-electron chi connectivity index (χ2n) is 6.94. The Morgan fingerprint density at radius 3 is 1.86 bits per heavy atom. The summed E-state index contributed by atoms with van der Waals surface area (Å²) in [7, 11) is 0. The van der Waals surface area contributed by atoms with Gasteiger partial charge in [-0.05, 0) is 32.6 Å². The van der Waals surface area contributed by atoms with E-state index in [1.807, 2.05) is 20.8 Å². The molecule has 0 aromatic rings. The highest BCUT2D eigenvalue weighted by atomic mass is 19.4. The molecular formula is C15H23F3O3. The van der Waals surface area contributed by atoms with Gasteiger partial charge >= 0.3 is 12.1 Å². The number of hydrogen-bond acceptors (Lipinski definition) is 3. The number of alkyl halides is 3. The minimum Gasteiger partial charge on any atom is -0.455 e. The first-order valence-corrected chi connectivity index (χ1v) is 6.92. The van der Waals surface area contributed by atoms with Gasteiger partial charge in [-0.25, -0.2) is 4.79 Å². The Morgan fingerprint density at radius 1 is 1.14 bits per heavy atom. The predicted octanol–water partition coefficient (Wildman–Crippen LogP) is 3.76. The Morgan fingerprint density at radius 2 is 1.57 bits per heavy atom. The smallest absolute Gasteiger partial charge is 0.417 e. The minimum atomic E-state index is -4.67. The van der Waals surface area contributed by atoms with E-state index in [1.165, 1.54) is 6.92 Å². The molecule has 0 heterocycles. The van der Waals surface area contributed by atoms with Crippen LogP contribution in [0.1, 0.15) is 53.4 Å². The Bertz CT molecular complexity index is 424. The first-order chi connectivity index (χ1) is 9.24. The number of carbonyl (C=O) groups excluding carboxylic acids is 1. The van der Waals surface area contributed by atoms with E-state index in [9.17, 15) is 23.1 Å². The summed E-state index contributed by atoms with van der Waals surface area (Å²) in [5.41, 5.74) is -4.06. The normalized spacial score (nSPS) is 30.9. The third kappa shape index (κ3) is 3.42. The average Bonchev–Trinajstić information content (AvgIpc) is 2.29. The van der Waals surface area contributed by atoms with Gasteiger partial charge in [0, 0.05) is 11.0 Å². The molecule has 0 aliphatic heterocycles. The summed E-state index contributed by atoms with van der Waals surface area (Å²) >= 11 is 0. The molecule has 0 amide bonds. The van der Waals surface area contributed by atoms with E-state index in [1.54, 1.807) is 0 Å². The molecular weight excluding hydrogens is 285 g/mol. The van der Waals surface area contributed by atoms with Crippen molar-refractivity contribution in [3.8, 4) is 0 Å². The van der Waals surface area contributed by atoms with Crippen molar-refractivity contribution in [1.82, 2.24) is 0 Å². The van der Waals surface area contributed by atoms with Crippen molar-refractivity contribution in [3.05, 3.63) is 12.2 Å². The second-order valence-corrected chi connectivity index (χ2v) is 6.94. The maximum atomic E-state index is 12.9. The molecule has 0 saturated heterocycles. The Labute approximate surface area is 123 Å². The van der Waals surface area contributed by atoms with E-state index in [-0.39, 0.29) is 18.4 Å². The van der Waals surface area contributed by atoms with E-state index in [2.05, 4.69) is 6.58 Å². The lowest BCUT2D eigenvalue weighted by atomic mass is 9.64. The van der Waals surface area contributed by atoms with Crippen LogP contribution < -0.4 is 0 Å². The van der Waals surface area contributed by atoms with E-state index >= 15 is 0 Å². The quantitative estimate of drug-likeness (QED) is 0.624. The van der Waals surface area contributed by atoms with E-state index in [4.69, 9.17) is 4.74 Å². The molecule has 122 valence electrons. The van der Waals surface area contributed by atoms with E-state index in [0.717, 1.165) is 0 Å².